The van der Waals surface area contributed by atoms with Crippen molar-refractivity contribution in [3.05, 3.63) is 36.0 Å². The first kappa shape index (κ1) is 11.3. The summed E-state index contributed by atoms with van der Waals surface area (Å²) in [5, 5.41) is 1.02. The van der Waals surface area contributed by atoms with Crippen molar-refractivity contribution in [3.63, 3.8) is 0 Å². The van der Waals surface area contributed by atoms with Gasteiger partial charge in [0.2, 0.25) is 0 Å². The van der Waals surface area contributed by atoms with E-state index in [1.807, 2.05) is 23.1 Å². The predicted molar refractivity (Wildman–Crippen MR) is 70.5 cm³/mol. The molecule has 3 rings (SSSR count). The molecule has 0 spiro atoms. The first-order chi connectivity index (χ1) is 8.74. The van der Waals surface area contributed by atoms with E-state index >= 15 is 0 Å². The fraction of sp³-hybridized carbons (Fsp3) is 0.357. The molecule has 0 saturated carbocycles. The zero-order valence-electron chi connectivity index (χ0n) is 10.4. The Hall–Kier alpha value is -1.81. The molecule has 2 heterocycles. The van der Waals surface area contributed by atoms with E-state index in [2.05, 4.69) is 23.0 Å². The smallest absolute Gasteiger partial charge is 0.254 e. The summed E-state index contributed by atoms with van der Waals surface area (Å²) in [6.45, 7) is 3.52. The maximum Gasteiger partial charge on any atom is 0.254 e. The van der Waals surface area contributed by atoms with Crippen LogP contribution in [-0.2, 0) is 0 Å². The fourth-order valence-corrected chi connectivity index (χ4v) is 2.31. The molecular formula is C14H16N3O. The van der Waals surface area contributed by atoms with Gasteiger partial charge < -0.3 is 14.8 Å². The second-order valence-electron chi connectivity index (χ2n) is 4.79. The first-order valence-electron chi connectivity index (χ1n) is 6.21. The SMILES string of the molecule is CN1CCN(C(=O)c2ccc3[c]c[nH]c3c2)CC1. The molecule has 1 aliphatic heterocycles. The standard InChI is InChI=1S/C14H16N3O/c1-16-6-8-17(9-7-16)14(18)12-3-2-11-4-5-15-13(11)10-12/h2-3,5,10,15H,6-9H2,1H3. The van der Waals surface area contributed by atoms with E-state index in [-0.39, 0.29) is 5.91 Å². The lowest BCUT2D eigenvalue weighted by molar-refractivity contribution is 0.0664. The van der Waals surface area contributed by atoms with E-state index in [1.165, 1.54) is 0 Å². The number of nitrogens with one attached hydrogen (secondary N) is 1. The van der Waals surface area contributed by atoms with Crippen molar-refractivity contribution in [2.24, 2.45) is 0 Å². The van der Waals surface area contributed by atoms with Gasteiger partial charge >= 0.3 is 0 Å². The van der Waals surface area contributed by atoms with Crippen LogP contribution in [0.4, 0.5) is 0 Å². The van der Waals surface area contributed by atoms with Crippen molar-refractivity contribution in [2.45, 2.75) is 0 Å². The summed E-state index contributed by atoms with van der Waals surface area (Å²) in [7, 11) is 2.09. The van der Waals surface area contributed by atoms with E-state index in [0.29, 0.717) is 0 Å². The van der Waals surface area contributed by atoms with E-state index in [9.17, 15) is 4.79 Å². The van der Waals surface area contributed by atoms with Crippen LogP contribution in [0.15, 0.2) is 24.4 Å². The van der Waals surface area contributed by atoms with Crippen LogP contribution in [0.5, 0.6) is 0 Å². The van der Waals surface area contributed by atoms with Crippen molar-refractivity contribution in [1.29, 1.82) is 0 Å². The quantitative estimate of drug-likeness (QED) is 0.820. The van der Waals surface area contributed by atoms with Gasteiger partial charge in [-0.15, -0.1) is 0 Å². The summed E-state index contributed by atoms with van der Waals surface area (Å²) >= 11 is 0. The van der Waals surface area contributed by atoms with Crippen LogP contribution in [-0.4, -0.2) is 53.9 Å². The molecule has 2 aromatic rings. The van der Waals surface area contributed by atoms with Crippen LogP contribution in [0.3, 0.4) is 0 Å². The number of piperazine rings is 1. The second-order valence-corrected chi connectivity index (χ2v) is 4.79. The number of hydrogen-bond donors (Lipinski definition) is 1. The lowest BCUT2D eigenvalue weighted by atomic mass is 10.1. The van der Waals surface area contributed by atoms with Crippen LogP contribution in [0, 0.1) is 6.07 Å². The molecule has 1 saturated heterocycles. The Labute approximate surface area is 106 Å². The summed E-state index contributed by atoms with van der Waals surface area (Å²) < 4.78 is 0. The topological polar surface area (TPSA) is 39.3 Å². The van der Waals surface area contributed by atoms with Gasteiger partial charge in [0, 0.05) is 54.9 Å². The van der Waals surface area contributed by atoms with Crippen LogP contribution in [0.1, 0.15) is 10.4 Å². The van der Waals surface area contributed by atoms with Crippen molar-refractivity contribution in [2.75, 3.05) is 33.2 Å². The molecule has 1 aliphatic rings. The zero-order valence-corrected chi connectivity index (χ0v) is 10.4. The number of aromatic nitrogens is 1. The maximum absolute atomic E-state index is 12.4. The van der Waals surface area contributed by atoms with E-state index < -0.39 is 0 Å². The lowest BCUT2D eigenvalue weighted by Crippen LogP contribution is -2.47. The fourth-order valence-electron chi connectivity index (χ4n) is 2.31. The molecule has 0 aliphatic carbocycles. The lowest BCUT2D eigenvalue weighted by Gasteiger charge is -2.32. The Morgan fingerprint density at radius 1 is 1.28 bits per heavy atom. The molecule has 0 bridgehead atoms. The highest BCUT2D eigenvalue weighted by molar-refractivity contribution is 5.97. The van der Waals surface area contributed by atoms with Crippen molar-refractivity contribution < 1.29 is 4.79 Å². The highest BCUT2D eigenvalue weighted by atomic mass is 16.2. The van der Waals surface area contributed by atoms with Crippen molar-refractivity contribution in [1.82, 2.24) is 14.8 Å². The van der Waals surface area contributed by atoms with Gasteiger partial charge in [0.05, 0.1) is 0 Å². The Kier molecular flexibility index (Phi) is 2.80. The number of likely N-dealkylation sites (N-methyl/N-ethyl adjacent to an activating group) is 1. The van der Waals surface area contributed by atoms with Crippen LogP contribution in [0.25, 0.3) is 10.9 Å². The average molecular weight is 242 g/mol. The number of aromatic amines is 1. The van der Waals surface area contributed by atoms with Crippen molar-refractivity contribution >= 4 is 16.8 Å². The number of carbonyl (C=O) groups excluding carboxylic acids is 1. The molecule has 4 heteroatoms. The summed E-state index contributed by atoms with van der Waals surface area (Å²) in [6, 6.07) is 8.82. The molecule has 1 aromatic heterocycles. The highest BCUT2D eigenvalue weighted by Crippen LogP contribution is 2.15. The second kappa shape index (κ2) is 4.46. The van der Waals surface area contributed by atoms with Gasteiger partial charge in [-0.3, -0.25) is 4.79 Å². The Bertz CT molecular complexity index is 567. The Balaban J connectivity index is 1.82. The molecule has 0 atom stereocenters. The number of carbonyl (C=O) groups is 1. The largest absolute Gasteiger partial charge is 0.361 e. The summed E-state index contributed by atoms with van der Waals surface area (Å²) in [4.78, 5) is 19.6. The third-order valence-corrected chi connectivity index (χ3v) is 3.51. The number of fused-ring (bicyclic) bond motifs is 1. The van der Waals surface area contributed by atoms with Crippen LogP contribution in [0.2, 0.25) is 0 Å². The monoisotopic (exact) mass is 242 g/mol. The summed E-state index contributed by atoms with van der Waals surface area (Å²) in [5.41, 5.74) is 1.72. The molecule has 0 unspecified atom stereocenters. The molecule has 1 amide bonds. The van der Waals surface area contributed by atoms with Crippen LogP contribution < -0.4 is 0 Å². The number of benzene rings is 1. The third-order valence-electron chi connectivity index (χ3n) is 3.51. The third kappa shape index (κ3) is 1.99. The van der Waals surface area contributed by atoms with Gasteiger partial charge in [0.15, 0.2) is 0 Å². The zero-order chi connectivity index (χ0) is 12.5. The maximum atomic E-state index is 12.4. The van der Waals surface area contributed by atoms with Gasteiger partial charge in [-0.1, -0.05) is 6.07 Å². The Morgan fingerprint density at radius 2 is 2.06 bits per heavy atom. The van der Waals surface area contributed by atoms with E-state index in [1.54, 1.807) is 6.20 Å². The molecule has 93 valence electrons. The van der Waals surface area contributed by atoms with Crippen LogP contribution >= 0.6 is 0 Å². The molecule has 1 aromatic carbocycles. The number of nitrogens with zero attached hydrogens (tertiary/aromatic N) is 2. The normalized spacial score (nSPS) is 17.3. The van der Waals surface area contributed by atoms with Gasteiger partial charge in [0.25, 0.3) is 5.91 Å². The highest BCUT2D eigenvalue weighted by Gasteiger charge is 2.20. The first-order valence-corrected chi connectivity index (χ1v) is 6.21. The van der Waals surface area contributed by atoms with Gasteiger partial charge in [-0.2, -0.15) is 0 Å². The number of H-pyrrole nitrogens is 1. The van der Waals surface area contributed by atoms with E-state index in [4.69, 9.17) is 0 Å². The predicted octanol–water partition coefficient (Wildman–Crippen LogP) is 1.36. The summed E-state index contributed by atoms with van der Waals surface area (Å²) in [6.07, 6.45) is 1.77. The minimum Gasteiger partial charge on any atom is -0.361 e. The molecular weight excluding hydrogens is 226 g/mol. The Morgan fingerprint density at radius 3 is 2.83 bits per heavy atom. The van der Waals surface area contributed by atoms with Crippen molar-refractivity contribution in [3.8, 4) is 0 Å². The minimum atomic E-state index is 0.125. The molecule has 4 nitrogen and oxygen atoms in total. The molecule has 1 fully saturated rings. The van der Waals surface area contributed by atoms with E-state index in [0.717, 1.165) is 42.6 Å². The van der Waals surface area contributed by atoms with Gasteiger partial charge in [-0.25, -0.2) is 0 Å². The minimum absolute atomic E-state index is 0.125. The molecule has 1 N–H and O–H groups in total. The van der Waals surface area contributed by atoms with Gasteiger partial charge in [-0.05, 0) is 19.2 Å². The number of amides is 1. The number of hydrogen-bond acceptors (Lipinski definition) is 2. The van der Waals surface area contributed by atoms with Gasteiger partial charge in [0.1, 0.15) is 0 Å². The molecule has 1 radical (unpaired) electrons. The summed E-state index contributed by atoms with van der Waals surface area (Å²) in [5.74, 6) is 0.125. The number of rotatable bonds is 1. The average Bonchev–Trinajstić information content (AvgIpc) is 2.86. The molecule has 18 heavy (non-hydrogen) atoms.